The largest absolute Gasteiger partial charge is 0.346 e. The Kier molecular flexibility index (Phi) is 3.67. The van der Waals surface area contributed by atoms with Crippen LogP contribution in [0.15, 0.2) is 92.0 Å². The van der Waals surface area contributed by atoms with Crippen molar-refractivity contribution in [2.45, 2.75) is 0 Å². The van der Waals surface area contributed by atoms with Gasteiger partial charge >= 0.3 is 0 Å². The summed E-state index contributed by atoms with van der Waals surface area (Å²) in [6, 6.07) is 14.4. The molecule has 0 aliphatic heterocycles. The lowest BCUT2D eigenvalue weighted by atomic mass is 10.0. The number of hydrogen-bond acceptors (Lipinski definition) is 4. The van der Waals surface area contributed by atoms with Crippen molar-refractivity contribution in [2.24, 2.45) is 0 Å². The van der Waals surface area contributed by atoms with Gasteiger partial charge in [0.05, 0.1) is 11.7 Å². The first-order valence-electron chi connectivity index (χ1n) is 9.62. The number of aromatic amines is 1. The molecule has 0 saturated carbocycles. The van der Waals surface area contributed by atoms with Crippen molar-refractivity contribution in [1.29, 1.82) is 0 Å². The Morgan fingerprint density at radius 2 is 1.57 bits per heavy atom. The van der Waals surface area contributed by atoms with Crippen LogP contribution in [0.5, 0.6) is 0 Å². The van der Waals surface area contributed by atoms with Gasteiger partial charge in [0.1, 0.15) is 5.65 Å². The Hall–Kier alpha value is -4.32. The highest BCUT2D eigenvalue weighted by Crippen LogP contribution is 2.33. The molecule has 0 fully saturated rings. The smallest absolute Gasteiger partial charge is 0.137 e. The number of pyridine rings is 4. The fraction of sp³-hybridized carbons (Fsp3) is 0. The lowest BCUT2D eigenvalue weighted by Gasteiger charge is -2.05. The summed E-state index contributed by atoms with van der Waals surface area (Å²) in [5.41, 5.74) is 8.28. The van der Waals surface area contributed by atoms with Gasteiger partial charge in [-0.25, -0.2) is 9.50 Å². The maximum atomic E-state index is 4.61. The second kappa shape index (κ2) is 6.63. The van der Waals surface area contributed by atoms with E-state index in [2.05, 4.69) is 43.2 Å². The van der Waals surface area contributed by atoms with Gasteiger partial charge in [0.15, 0.2) is 0 Å². The average molecular weight is 388 g/mol. The van der Waals surface area contributed by atoms with Crippen LogP contribution in [0.2, 0.25) is 0 Å². The summed E-state index contributed by atoms with van der Waals surface area (Å²) >= 11 is 0. The van der Waals surface area contributed by atoms with Crippen LogP contribution in [0.4, 0.5) is 0 Å². The molecule has 0 atom stereocenters. The van der Waals surface area contributed by atoms with Crippen molar-refractivity contribution in [3.63, 3.8) is 0 Å². The molecule has 0 amide bonds. The van der Waals surface area contributed by atoms with E-state index in [0.717, 1.165) is 49.9 Å². The zero-order valence-electron chi connectivity index (χ0n) is 15.9. The van der Waals surface area contributed by atoms with Crippen LogP contribution >= 0.6 is 0 Å². The van der Waals surface area contributed by atoms with E-state index in [1.165, 1.54) is 0 Å². The second-order valence-corrected chi connectivity index (χ2v) is 7.11. The molecule has 0 aliphatic carbocycles. The molecule has 6 heterocycles. The minimum absolute atomic E-state index is 0.860. The third-order valence-electron chi connectivity index (χ3n) is 5.33. The summed E-state index contributed by atoms with van der Waals surface area (Å²) in [7, 11) is 0. The molecular formula is C24H16N6. The van der Waals surface area contributed by atoms with Gasteiger partial charge in [-0.2, -0.15) is 5.10 Å². The topological polar surface area (TPSA) is 71.8 Å². The molecule has 6 nitrogen and oxygen atoms in total. The first-order valence-corrected chi connectivity index (χ1v) is 9.62. The molecule has 30 heavy (non-hydrogen) atoms. The summed E-state index contributed by atoms with van der Waals surface area (Å²) in [6.07, 6.45) is 15.0. The molecule has 1 N–H and O–H groups in total. The van der Waals surface area contributed by atoms with Gasteiger partial charge in [-0.3, -0.25) is 9.97 Å². The van der Waals surface area contributed by atoms with Gasteiger partial charge in [0, 0.05) is 76.6 Å². The number of aromatic nitrogens is 6. The van der Waals surface area contributed by atoms with Crippen molar-refractivity contribution in [2.75, 3.05) is 0 Å². The predicted molar refractivity (Wildman–Crippen MR) is 117 cm³/mol. The number of rotatable bonds is 3. The first-order chi connectivity index (χ1) is 14.9. The van der Waals surface area contributed by atoms with Crippen molar-refractivity contribution in [3.8, 4) is 33.4 Å². The Bertz CT molecular complexity index is 1480. The molecule has 0 spiro atoms. The minimum Gasteiger partial charge on any atom is -0.346 e. The van der Waals surface area contributed by atoms with Crippen LogP contribution in [0.1, 0.15) is 0 Å². The van der Waals surface area contributed by atoms with Crippen LogP contribution in [-0.4, -0.2) is 29.5 Å². The molecule has 0 aromatic carbocycles. The first kappa shape index (κ1) is 16.6. The average Bonchev–Trinajstić information content (AvgIpc) is 3.43. The van der Waals surface area contributed by atoms with E-state index in [0.29, 0.717) is 0 Å². The molecule has 6 aromatic heterocycles. The number of H-pyrrole nitrogens is 1. The SMILES string of the molecule is c1cncc(-c2cnc3[nH]cc(-c4ccn5ncc(-c6cccnc6)c5c4)c3c2)c1. The lowest BCUT2D eigenvalue weighted by molar-refractivity contribution is 0.962. The number of hydrogen-bond donors (Lipinski definition) is 1. The fourth-order valence-electron chi connectivity index (χ4n) is 3.83. The summed E-state index contributed by atoms with van der Waals surface area (Å²) in [5, 5.41) is 5.57. The van der Waals surface area contributed by atoms with Gasteiger partial charge in [-0.15, -0.1) is 0 Å². The minimum atomic E-state index is 0.860. The zero-order valence-corrected chi connectivity index (χ0v) is 15.9. The third-order valence-corrected chi connectivity index (χ3v) is 5.33. The van der Waals surface area contributed by atoms with E-state index in [1.54, 1.807) is 12.4 Å². The molecule has 0 unspecified atom stereocenters. The number of fused-ring (bicyclic) bond motifs is 2. The molecule has 0 radical (unpaired) electrons. The van der Waals surface area contributed by atoms with Crippen molar-refractivity contribution in [1.82, 2.24) is 29.5 Å². The van der Waals surface area contributed by atoms with E-state index >= 15 is 0 Å². The highest BCUT2D eigenvalue weighted by molar-refractivity contribution is 5.97. The van der Waals surface area contributed by atoms with Crippen LogP contribution < -0.4 is 0 Å². The van der Waals surface area contributed by atoms with Gasteiger partial charge in [0.2, 0.25) is 0 Å². The van der Waals surface area contributed by atoms with E-state index < -0.39 is 0 Å². The van der Waals surface area contributed by atoms with Gasteiger partial charge in [-0.1, -0.05) is 12.1 Å². The van der Waals surface area contributed by atoms with E-state index in [4.69, 9.17) is 0 Å². The molecule has 6 rings (SSSR count). The highest BCUT2D eigenvalue weighted by atomic mass is 15.2. The van der Waals surface area contributed by atoms with E-state index in [-0.39, 0.29) is 0 Å². The van der Waals surface area contributed by atoms with Crippen LogP contribution in [-0.2, 0) is 0 Å². The standard InChI is InChI=1S/C24H16N6/c1-3-17(11-25-6-1)19-9-20-21(14-28-24(20)27-13-19)16-5-8-30-23(10-16)22(15-29-30)18-4-2-7-26-12-18/h1-15H,(H,27,28). The molecule has 0 bridgehead atoms. The third kappa shape index (κ3) is 2.66. The van der Waals surface area contributed by atoms with Crippen LogP contribution in [0.3, 0.4) is 0 Å². The predicted octanol–water partition coefficient (Wildman–Crippen LogP) is 5.00. The fourth-order valence-corrected chi connectivity index (χ4v) is 3.83. The Morgan fingerprint density at radius 1 is 0.733 bits per heavy atom. The van der Waals surface area contributed by atoms with Gasteiger partial charge in [-0.05, 0) is 35.9 Å². The van der Waals surface area contributed by atoms with Crippen molar-refractivity contribution < 1.29 is 0 Å². The quantitative estimate of drug-likeness (QED) is 0.463. The summed E-state index contributed by atoms with van der Waals surface area (Å²) in [6.45, 7) is 0. The number of nitrogens with zero attached hydrogens (tertiary/aromatic N) is 5. The molecule has 6 aromatic rings. The van der Waals surface area contributed by atoms with Crippen LogP contribution in [0, 0.1) is 0 Å². The maximum Gasteiger partial charge on any atom is 0.137 e. The van der Waals surface area contributed by atoms with Crippen molar-refractivity contribution in [3.05, 3.63) is 92.0 Å². The molecule has 142 valence electrons. The second-order valence-electron chi connectivity index (χ2n) is 7.11. The van der Waals surface area contributed by atoms with Crippen molar-refractivity contribution >= 4 is 16.6 Å². The Labute approximate surface area is 171 Å². The van der Waals surface area contributed by atoms with E-state index in [1.807, 2.05) is 66.0 Å². The summed E-state index contributed by atoms with van der Waals surface area (Å²) in [4.78, 5) is 16.4. The Balaban J connectivity index is 1.52. The molecule has 6 heteroatoms. The molecule has 0 saturated heterocycles. The Morgan fingerprint density at radius 3 is 2.37 bits per heavy atom. The highest BCUT2D eigenvalue weighted by Gasteiger charge is 2.12. The zero-order chi connectivity index (χ0) is 19.9. The monoisotopic (exact) mass is 388 g/mol. The van der Waals surface area contributed by atoms with Gasteiger partial charge < -0.3 is 4.98 Å². The molecular weight excluding hydrogens is 372 g/mol. The summed E-state index contributed by atoms with van der Waals surface area (Å²) in [5.74, 6) is 0. The maximum absolute atomic E-state index is 4.61. The van der Waals surface area contributed by atoms with Gasteiger partial charge in [0.25, 0.3) is 0 Å². The van der Waals surface area contributed by atoms with E-state index in [9.17, 15) is 0 Å². The molecule has 0 aliphatic rings. The van der Waals surface area contributed by atoms with Crippen LogP contribution in [0.25, 0.3) is 49.9 Å². The summed E-state index contributed by atoms with van der Waals surface area (Å²) < 4.78 is 1.89. The lowest BCUT2D eigenvalue weighted by Crippen LogP contribution is -1.88. The number of nitrogens with one attached hydrogen (secondary N) is 1. The normalized spacial score (nSPS) is 11.3.